The Bertz CT molecular complexity index is 1340. The van der Waals surface area contributed by atoms with E-state index in [2.05, 4.69) is 54.4 Å². The summed E-state index contributed by atoms with van der Waals surface area (Å²) in [5, 5.41) is 18.9. The molecule has 2 unspecified atom stereocenters. The fraction of sp³-hybridized carbons (Fsp3) is 0.438. The quantitative estimate of drug-likeness (QED) is 0.296. The van der Waals surface area contributed by atoms with Crippen LogP contribution in [0.25, 0.3) is 0 Å². The number of nitrogens with zero attached hydrogens (tertiary/aromatic N) is 3. The first-order chi connectivity index (χ1) is 18.1. The van der Waals surface area contributed by atoms with Crippen LogP contribution < -0.4 is 5.73 Å². The van der Waals surface area contributed by atoms with Crippen LogP contribution in [-0.2, 0) is 12.0 Å². The maximum absolute atomic E-state index is 10.8. The van der Waals surface area contributed by atoms with E-state index in [0.29, 0.717) is 42.5 Å². The minimum Gasteiger partial charge on any atom is -0.389 e. The molecule has 1 aliphatic heterocycles. The molecule has 0 saturated heterocycles. The normalized spacial score (nSPS) is 26.8. The second kappa shape index (κ2) is 10.2. The highest BCUT2D eigenvalue weighted by Crippen LogP contribution is 2.56. The Labute approximate surface area is 226 Å². The van der Waals surface area contributed by atoms with Gasteiger partial charge >= 0.3 is 0 Å². The van der Waals surface area contributed by atoms with Gasteiger partial charge in [0, 0.05) is 28.6 Å². The van der Waals surface area contributed by atoms with Crippen LogP contribution in [0.5, 0.6) is 0 Å². The van der Waals surface area contributed by atoms with Crippen LogP contribution in [0.4, 0.5) is 5.82 Å². The van der Waals surface area contributed by atoms with Gasteiger partial charge in [0.05, 0.1) is 17.2 Å². The van der Waals surface area contributed by atoms with Gasteiger partial charge in [0.2, 0.25) is 0 Å². The monoisotopic (exact) mass is 509 g/mol. The molecule has 6 nitrogen and oxygen atoms in total. The zero-order chi connectivity index (χ0) is 27.1. The number of rotatable bonds is 8. The van der Waals surface area contributed by atoms with E-state index in [4.69, 9.17) is 21.1 Å². The van der Waals surface area contributed by atoms with Crippen LogP contribution in [0.3, 0.4) is 0 Å². The molecule has 1 aromatic carbocycles. The lowest BCUT2D eigenvalue weighted by atomic mass is 9.60. The predicted octanol–water partition coefficient (Wildman–Crippen LogP) is 6.08. The van der Waals surface area contributed by atoms with Crippen molar-refractivity contribution in [2.24, 2.45) is 22.6 Å². The fourth-order valence-electron chi connectivity index (χ4n) is 5.66. The highest BCUT2D eigenvalue weighted by atomic mass is 16.3. The number of benzene rings is 1. The third-order valence-corrected chi connectivity index (χ3v) is 8.46. The molecule has 2 fully saturated rings. The molecule has 2 saturated carbocycles. The van der Waals surface area contributed by atoms with Gasteiger partial charge in [-0.1, -0.05) is 68.0 Å². The predicted molar refractivity (Wildman–Crippen MR) is 154 cm³/mol. The van der Waals surface area contributed by atoms with Crippen molar-refractivity contribution in [1.29, 1.82) is 5.41 Å². The fourth-order valence-corrected chi connectivity index (χ4v) is 5.66. The van der Waals surface area contributed by atoms with Crippen molar-refractivity contribution in [2.75, 3.05) is 0 Å². The third kappa shape index (κ3) is 5.20. The van der Waals surface area contributed by atoms with Gasteiger partial charge in [-0.3, -0.25) is 0 Å². The lowest BCUT2D eigenvalue weighted by Gasteiger charge is -2.52. The molecule has 2 aromatic rings. The minimum atomic E-state index is -0.583. The number of nitrogens with one attached hydrogen (secondary N) is 1. The van der Waals surface area contributed by atoms with E-state index in [0.717, 1.165) is 35.2 Å². The zero-order valence-electron chi connectivity index (χ0n) is 22.9. The summed E-state index contributed by atoms with van der Waals surface area (Å²) in [5.74, 6) is 1.78. The third-order valence-electron chi connectivity index (χ3n) is 8.46. The molecule has 2 atom stereocenters. The summed E-state index contributed by atoms with van der Waals surface area (Å²) in [6.45, 7) is 7.95. The van der Waals surface area contributed by atoms with Gasteiger partial charge < -0.3 is 16.2 Å². The second-order valence-corrected chi connectivity index (χ2v) is 11.5. The van der Waals surface area contributed by atoms with Crippen LogP contribution in [0.1, 0.15) is 81.8 Å². The summed E-state index contributed by atoms with van der Waals surface area (Å²) < 4.78 is 0. The van der Waals surface area contributed by atoms with Gasteiger partial charge in [-0.05, 0) is 69.4 Å². The van der Waals surface area contributed by atoms with E-state index in [1.54, 1.807) is 6.92 Å². The lowest BCUT2D eigenvalue weighted by molar-refractivity contribution is -0.106. The van der Waals surface area contributed by atoms with Crippen molar-refractivity contribution in [3.05, 3.63) is 88.9 Å². The lowest BCUT2D eigenvalue weighted by Crippen LogP contribution is -2.60. The molecule has 2 heterocycles. The van der Waals surface area contributed by atoms with Gasteiger partial charge in [0.25, 0.3) is 0 Å². The van der Waals surface area contributed by atoms with E-state index in [1.165, 1.54) is 5.57 Å². The first kappa shape index (κ1) is 26.4. The second-order valence-electron chi connectivity index (χ2n) is 11.5. The molecule has 1 aromatic heterocycles. The van der Waals surface area contributed by atoms with E-state index in [9.17, 15) is 5.11 Å². The van der Waals surface area contributed by atoms with Gasteiger partial charge in [-0.25, -0.2) is 15.0 Å². The first-order valence-electron chi connectivity index (χ1n) is 13.7. The van der Waals surface area contributed by atoms with Gasteiger partial charge in [0.1, 0.15) is 5.82 Å². The Morgan fingerprint density at radius 2 is 1.87 bits per heavy atom. The van der Waals surface area contributed by atoms with Crippen molar-refractivity contribution in [3.8, 4) is 0 Å². The van der Waals surface area contributed by atoms with Crippen molar-refractivity contribution >= 4 is 17.2 Å². The number of aromatic nitrogens is 2. The molecule has 5 rings (SSSR count). The summed E-state index contributed by atoms with van der Waals surface area (Å²) in [6, 6.07) is 8.35. The number of nitrogens with two attached hydrogens (primary N) is 1. The van der Waals surface area contributed by atoms with Crippen molar-refractivity contribution in [2.45, 2.75) is 76.9 Å². The molecular formula is C32H39N5O. The highest BCUT2D eigenvalue weighted by Gasteiger charge is 2.58. The van der Waals surface area contributed by atoms with E-state index < -0.39 is 11.1 Å². The summed E-state index contributed by atoms with van der Waals surface area (Å²) in [5.41, 5.74) is 11.3. The zero-order valence-corrected chi connectivity index (χ0v) is 22.9. The van der Waals surface area contributed by atoms with Crippen LogP contribution in [0.2, 0.25) is 0 Å². The summed E-state index contributed by atoms with van der Waals surface area (Å²) in [6.07, 6.45) is 16.6. The topological polar surface area (TPSA) is 108 Å². The van der Waals surface area contributed by atoms with Crippen molar-refractivity contribution < 1.29 is 5.11 Å². The number of hydrogen-bond acceptors (Lipinski definition) is 6. The molecule has 6 heteroatoms. The SMILES string of the molecule is CC=C/C=C\C(C)C1=CC(c2ccc(C3(N)CC(O)(C4CC4)C3)cc2)=Nc2nc(C(C)C(C)=N)ncc2C1. The molecular weight excluding hydrogens is 470 g/mol. The van der Waals surface area contributed by atoms with Crippen LogP contribution in [-0.4, -0.2) is 32.1 Å². The Morgan fingerprint density at radius 1 is 1.16 bits per heavy atom. The molecule has 0 bridgehead atoms. The van der Waals surface area contributed by atoms with Crippen LogP contribution in [0, 0.1) is 17.2 Å². The number of aliphatic hydroxyl groups is 1. The average molecular weight is 510 g/mol. The Hall–Kier alpha value is -3.22. The van der Waals surface area contributed by atoms with Gasteiger partial charge in [-0.15, -0.1) is 0 Å². The largest absolute Gasteiger partial charge is 0.389 e. The first-order valence-corrected chi connectivity index (χ1v) is 13.7. The minimum absolute atomic E-state index is 0.158. The van der Waals surface area contributed by atoms with Gasteiger partial charge in [0.15, 0.2) is 5.82 Å². The maximum Gasteiger partial charge on any atom is 0.159 e. The molecule has 0 spiro atoms. The van der Waals surface area contributed by atoms with Crippen LogP contribution >= 0.6 is 0 Å². The molecule has 0 amide bonds. The molecule has 38 heavy (non-hydrogen) atoms. The number of aliphatic imine (C=N–C) groups is 1. The van der Waals surface area contributed by atoms with E-state index >= 15 is 0 Å². The van der Waals surface area contributed by atoms with Crippen LogP contribution in [0.15, 0.2) is 71.4 Å². The van der Waals surface area contributed by atoms with Crippen molar-refractivity contribution in [3.63, 3.8) is 0 Å². The Balaban J connectivity index is 1.49. The molecule has 0 radical (unpaired) electrons. The summed E-state index contributed by atoms with van der Waals surface area (Å²) in [4.78, 5) is 14.4. The van der Waals surface area contributed by atoms with Crippen molar-refractivity contribution in [1.82, 2.24) is 9.97 Å². The summed E-state index contributed by atoms with van der Waals surface area (Å²) in [7, 11) is 0. The molecule has 2 aliphatic carbocycles. The molecule has 198 valence electrons. The number of fused-ring (bicyclic) bond motifs is 1. The summed E-state index contributed by atoms with van der Waals surface area (Å²) >= 11 is 0. The standard InChI is InChI=1S/C32H39N5O/c1-5-6-7-8-20(2)24-15-25-17-35-29(21(3)22(4)33)37-30(25)36-28(16-24)23-9-11-26(12-10-23)31(34)18-32(38,19-31)27-13-14-27/h5-12,16-17,20-21,27,33,38H,13-15,18-19,34H2,1-4H3/b6-5?,8-7-,33-22?. The van der Waals surface area contributed by atoms with E-state index in [-0.39, 0.29) is 11.8 Å². The maximum atomic E-state index is 10.8. The average Bonchev–Trinajstić information content (AvgIpc) is 3.74. The van der Waals surface area contributed by atoms with E-state index in [1.807, 2.05) is 32.2 Å². The highest BCUT2D eigenvalue weighted by molar-refractivity contribution is 6.10. The Kier molecular flexibility index (Phi) is 7.05. The van der Waals surface area contributed by atoms with Gasteiger partial charge in [-0.2, -0.15) is 0 Å². The number of allylic oxidation sites excluding steroid dienone is 6. The molecule has 4 N–H and O–H groups in total. The molecule has 3 aliphatic rings. The smallest absolute Gasteiger partial charge is 0.159 e. The Morgan fingerprint density at radius 3 is 2.50 bits per heavy atom. The number of hydrogen-bond donors (Lipinski definition) is 3.